The Morgan fingerprint density at radius 1 is 0.846 bits per heavy atom. The van der Waals surface area contributed by atoms with Crippen LogP contribution < -0.4 is 0 Å². The van der Waals surface area contributed by atoms with Crippen LogP contribution in [-0.4, -0.2) is 10.1 Å². The molecule has 0 amide bonds. The number of aromatic nitrogens is 1. The SMILES string of the molecule is CCn1c(SC(F)(F)F)cc(-c2ccc(F)cc2)c1-c1ccc(F)cc1. The summed E-state index contributed by atoms with van der Waals surface area (Å²) in [5.74, 6) is -0.867. The fourth-order valence-corrected chi connectivity index (χ4v) is 3.56. The highest BCUT2D eigenvalue weighted by Gasteiger charge is 2.32. The van der Waals surface area contributed by atoms with Crippen molar-refractivity contribution in [3.05, 3.63) is 66.2 Å². The lowest BCUT2D eigenvalue weighted by atomic mass is 10.0. The lowest BCUT2D eigenvalue weighted by Gasteiger charge is -2.13. The van der Waals surface area contributed by atoms with Gasteiger partial charge in [0.2, 0.25) is 0 Å². The zero-order valence-electron chi connectivity index (χ0n) is 13.6. The van der Waals surface area contributed by atoms with E-state index in [-0.39, 0.29) is 16.8 Å². The number of hydrogen-bond donors (Lipinski definition) is 0. The van der Waals surface area contributed by atoms with Crippen LogP contribution >= 0.6 is 11.8 Å². The van der Waals surface area contributed by atoms with Crippen molar-refractivity contribution >= 4 is 11.8 Å². The number of thioether (sulfide) groups is 1. The third kappa shape index (κ3) is 3.93. The molecule has 136 valence electrons. The van der Waals surface area contributed by atoms with Crippen LogP contribution in [0.1, 0.15) is 6.92 Å². The molecule has 26 heavy (non-hydrogen) atoms. The second-order valence-electron chi connectivity index (χ2n) is 5.55. The van der Waals surface area contributed by atoms with Crippen molar-refractivity contribution in [2.45, 2.75) is 24.0 Å². The highest BCUT2D eigenvalue weighted by molar-refractivity contribution is 8.00. The lowest BCUT2D eigenvalue weighted by Crippen LogP contribution is -2.05. The van der Waals surface area contributed by atoms with E-state index in [9.17, 15) is 22.0 Å². The molecule has 3 rings (SSSR count). The smallest absolute Gasteiger partial charge is 0.335 e. The average molecular weight is 383 g/mol. The Kier molecular flexibility index (Phi) is 5.09. The predicted molar refractivity (Wildman–Crippen MR) is 92.8 cm³/mol. The zero-order chi connectivity index (χ0) is 18.9. The van der Waals surface area contributed by atoms with Gasteiger partial charge in [0, 0.05) is 23.9 Å². The van der Waals surface area contributed by atoms with Gasteiger partial charge >= 0.3 is 5.51 Å². The Hall–Kier alpha value is -2.28. The normalized spacial score (nSPS) is 11.8. The van der Waals surface area contributed by atoms with Gasteiger partial charge in [0.1, 0.15) is 11.6 Å². The molecule has 0 aliphatic rings. The molecule has 0 fully saturated rings. The molecule has 0 unspecified atom stereocenters. The van der Waals surface area contributed by atoms with Crippen LogP contribution in [0, 0.1) is 11.6 Å². The minimum Gasteiger partial charge on any atom is -0.335 e. The summed E-state index contributed by atoms with van der Waals surface area (Å²) >= 11 is -0.203. The van der Waals surface area contributed by atoms with Crippen LogP contribution in [0.3, 0.4) is 0 Å². The average Bonchev–Trinajstić information content (AvgIpc) is 2.92. The maximum absolute atomic E-state index is 13.3. The molecule has 7 heteroatoms. The van der Waals surface area contributed by atoms with Gasteiger partial charge < -0.3 is 4.57 Å². The van der Waals surface area contributed by atoms with E-state index >= 15 is 0 Å². The molecular formula is C19H14F5NS. The number of hydrogen-bond acceptors (Lipinski definition) is 1. The fraction of sp³-hybridized carbons (Fsp3) is 0.158. The minimum absolute atomic E-state index is 0.0265. The quantitative estimate of drug-likeness (QED) is 0.357. The summed E-state index contributed by atoms with van der Waals surface area (Å²) in [6, 6.07) is 12.5. The van der Waals surface area contributed by atoms with Crippen molar-refractivity contribution in [3.8, 4) is 22.4 Å². The Bertz CT molecular complexity index is 895. The molecule has 1 aromatic heterocycles. The van der Waals surface area contributed by atoms with Crippen molar-refractivity contribution in [2.24, 2.45) is 0 Å². The molecule has 0 saturated heterocycles. The molecule has 0 aliphatic carbocycles. The summed E-state index contributed by atoms with van der Waals surface area (Å²) in [6.45, 7) is 2.04. The van der Waals surface area contributed by atoms with E-state index in [1.165, 1.54) is 59.2 Å². The van der Waals surface area contributed by atoms with E-state index in [1.807, 2.05) is 0 Å². The third-order valence-electron chi connectivity index (χ3n) is 3.87. The highest BCUT2D eigenvalue weighted by atomic mass is 32.2. The van der Waals surface area contributed by atoms with Crippen molar-refractivity contribution in [3.63, 3.8) is 0 Å². The monoisotopic (exact) mass is 383 g/mol. The summed E-state index contributed by atoms with van der Waals surface area (Å²) < 4.78 is 66.9. The molecule has 0 atom stereocenters. The van der Waals surface area contributed by atoms with Crippen LogP contribution in [0.2, 0.25) is 0 Å². The second-order valence-corrected chi connectivity index (χ2v) is 6.64. The molecule has 0 radical (unpaired) electrons. The van der Waals surface area contributed by atoms with E-state index < -0.39 is 17.1 Å². The van der Waals surface area contributed by atoms with Crippen molar-refractivity contribution in [2.75, 3.05) is 0 Å². The molecule has 2 aromatic carbocycles. The fourth-order valence-electron chi connectivity index (χ4n) is 2.81. The molecule has 0 saturated carbocycles. The van der Waals surface area contributed by atoms with Crippen LogP contribution in [-0.2, 0) is 6.54 Å². The molecular weight excluding hydrogens is 369 g/mol. The van der Waals surface area contributed by atoms with Gasteiger partial charge in [0.15, 0.2) is 0 Å². The largest absolute Gasteiger partial charge is 0.447 e. The van der Waals surface area contributed by atoms with Crippen LogP contribution in [0.25, 0.3) is 22.4 Å². The van der Waals surface area contributed by atoms with Gasteiger partial charge in [-0.25, -0.2) is 8.78 Å². The summed E-state index contributed by atoms with van der Waals surface area (Å²) in [7, 11) is 0. The molecule has 0 aliphatic heterocycles. The maximum atomic E-state index is 13.3. The van der Waals surface area contributed by atoms with Gasteiger partial charge in [-0.3, -0.25) is 0 Å². The lowest BCUT2D eigenvalue weighted by molar-refractivity contribution is -0.0330. The van der Waals surface area contributed by atoms with Crippen molar-refractivity contribution in [1.82, 2.24) is 4.57 Å². The number of nitrogens with zero attached hydrogens (tertiary/aromatic N) is 1. The van der Waals surface area contributed by atoms with Crippen molar-refractivity contribution < 1.29 is 22.0 Å². The number of halogens is 5. The molecule has 1 nitrogen and oxygen atoms in total. The minimum atomic E-state index is -4.44. The van der Waals surface area contributed by atoms with Crippen LogP contribution in [0.5, 0.6) is 0 Å². The Labute approximate surface area is 151 Å². The summed E-state index contributed by atoms with van der Waals surface area (Å²) in [5, 5.41) is 0.0265. The predicted octanol–water partition coefficient (Wildman–Crippen LogP) is 6.73. The molecule has 1 heterocycles. The number of rotatable bonds is 4. The first-order valence-corrected chi connectivity index (χ1v) is 8.61. The van der Waals surface area contributed by atoms with Gasteiger partial charge in [-0.2, -0.15) is 13.2 Å². The van der Waals surface area contributed by atoms with Gasteiger partial charge in [-0.15, -0.1) is 0 Å². The first kappa shape index (κ1) is 18.5. The maximum Gasteiger partial charge on any atom is 0.447 e. The van der Waals surface area contributed by atoms with Gasteiger partial charge in [-0.1, -0.05) is 12.1 Å². The molecule has 0 bridgehead atoms. The first-order valence-electron chi connectivity index (χ1n) is 7.79. The third-order valence-corrected chi connectivity index (χ3v) is 4.65. The first-order chi connectivity index (χ1) is 12.3. The number of benzene rings is 2. The van der Waals surface area contributed by atoms with Gasteiger partial charge in [0.25, 0.3) is 0 Å². The van der Waals surface area contributed by atoms with E-state index in [4.69, 9.17) is 0 Å². The molecule has 0 spiro atoms. The summed E-state index contributed by atoms with van der Waals surface area (Å²) in [6.07, 6.45) is 0. The summed E-state index contributed by atoms with van der Waals surface area (Å²) in [4.78, 5) is 0. The topological polar surface area (TPSA) is 4.93 Å². The van der Waals surface area contributed by atoms with E-state index in [2.05, 4.69) is 0 Å². The Morgan fingerprint density at radius 2 is 1.35 bits per heavy atom. The summed E-state index contributed by atoms with van der Waals surface area (Å²) in [5.41, 5.74) is -2.20. The highest BCUT2D eigenvalue weighted by Crippen LogP contribution is 2.44. The van der Waals surface area contributed by atoms with E-state index in [1.54, 1.807) is 6.92 Å². The molecule has 0 N–H and O–H groups in total. The van der Waals surface area contributed by atoms with Gasteiger partial charge in [-0.05, 0) is 60.5 Å². The standard InChI is InChI=1S/C19H14F5NS/c1-2-25-17(26-19(22,23)24)11-16(12-3-7-14(20)8-4-12)18(25)13-5-9-15(21)10-6-13/h3-11H,2H2,1H3. The van der Waals surface area contributed by atoms with E-state index in [0.29, 0.717) is 28.9 Å². The number of alkyl halides is 3. The molecule has 3 aromatic rings. The second kappa shape index (κ2) is 7.15. The zero-order valence-corrected chi connectivity index (χ0v) is 14.5. The Morgan fingerprint density at radius 3 is 1.81 bits per heavy atom. The van der Waals surface area contributed by atoms with E-state index in [0.717, 1.165) is 0 Å². The van der Waals surface area contributed by atoms with Crippen LogP contribution in [0.15, 0.2) is 59.6 Å². The Balaban J connectivity index is 2.23. The van der Waals surface area contributed by atoms with Gasteiger partial charge in [0.05, 0.1) is 10.7 Å². The van der Waals surface area contributed by atoms with Crippen LogP contribution in [0.4, 0.5) is 22.0 Å². The van der Waals surface area contributed by atoms with Crippen molar-refractivity contribution in [1.29, 1.82) is 0 Å².